The lowest BCUT2D eigenvalue weighted by Gasteiger charge is -2.21. The molecule has 88 valence electrons. The molecule has 1 unspecified atom stereocenters. The molecule has 16 heavy (non-hydrogen) atoms. The fraction of sp³-hybridized carbons (Fsp3) is 0.615. The number of ether oxygens (including phenoxy) is 1. The third kappa shape index (κ3) is 2.65. The zero-order valence-electron chi connectivity index (χ0n) is 10.1. The molecule has 3 nitrogen and oxygen atoms in total. The number of aromatic nitrogens is 1. The Morgan fingerprint density at radius 2 is 2.12 bits per heavy atom. The van der Waals surface area contributed by atoms with Crippen LogP contribution in [0.5, 0.6) is 5.88 Å². The monoisotopic (exact) mass is 220 g/mol. The normalized spacial score (nSPS) is 18.4. The molecule has 3 heteroatoms. The first-order chi connectivity index (χ1) is 7.79. The molecule has 1 saturated carbocycles. The van der Waals surface area contributed by atoms with Crippen molar-refractivity contribution in [2.45, 2.75) is 38.6 Å². The van der Waals surface area contributed by atoms with Crippen LogP contribution < -0.4 is 10.1 Å². The van der Waals surface area contributed by atoms with E-state index in [2.05, 4.69) is 17.2 Å². The Bertz CT molecular complexity index is 317. The van der Waals surface area contributed by atoms with Crippen LogP contribution in [0.4, 0.5) is 5.69 Å². The molecule has 0 amide bonds. The Morgan fingerprint density at radius 1 is 1.38 bits per heavy atom. The van der Waals surface area contributed by atoms with Crippen molar-refractivity contribution in [3.63, 3.8) is 0 Å². The smallest absolute Gasteiger partial charge is 0.213 e. The first-order valence-corrected chi connectivity index (χ1v) is 6.06. The summed E-state index contributed by atoms with van der Waals surface area (Å²) in [6.07, 6.45) is 7.33. The lowest BCUT2D eigenvalue weighted by molar-refractivity contribution is 0.398. The molecule has 1 N–H and O–H groups in total. The van der Waals surface area contributed by atoms with E-state index in [0.29, 0.717) is 11.9 Å². The highest BCUT2D eigenvalue weighted by Crippen LogP contribution is 2.29. The van der Waals surface area contributed by atoms with Crippen molar-refractivity contribution >= 4 is 5.69 Å². The number of anilines is 1. The molecule has 1 fully saturated rings. The number of methoxy groups -OCH3 is 1. The first-order valence-electron chi connectivity index (χ1n) is 6.06. The van der Waals surface area contributed by atoms with Crippen LogP contribution in [0.25, 0.3) is 0 Å². The van der Waals surface area contributed by atoms with Gasteiger partial charge in [0, 0.05) is 12.1 Å². The quantitative estimate of drug-likeness (QED) is 0.846. The van der Waals surface area contributed by atoms with Gasteiger partial charge >= 0.3 is 0 Å². The largest absolute Gasteiger partial charge is 0.481 e. The number of rotatable bonds is 4. The summed E-state index contributed by atoms with van der Waals surface area (Å²) in [7, 11) is 1.64. The second kappa shape index (κ2) is 5.19. The van der Waals surface area contributed by atoms with Crippen molar-refractivity contribution in [3.8, 4) is 5.88 Å². The van der Waals surface area contributed by atoms with Gasteiger partial charge in [0.1, 0.15) is 0 Å². The lowest BCUT2D eigenvalue weighted by Crippen LogP contribution is -2.23. The van der Waals surface area contributed by atoms with E-state index in [-0.39, 0.29) is 0 Å². The van der Waals surface area contributed by atoms with Crippen molar-refractivity contribution in [2.75, 3.05) is 12.4 Å². The van der Waals surface area contributed by atoms with Crippen LogP contribution in [0.15, 0.2) is 18.3 Å². The average Bonchev–Trinajstić information content (AvgIpc) is 2.83. The van der Waals surface area contributed by atoms with E-state index in [9.17, 15) is 0 Å². The summed E-state index contributed by atoms with van der Waals surface area (Å²) in [6, 6.07) is 4.46. The van der Waals surface area contributed by atoms with E-state index in [4.69, 9.17) is 4.74 Å². The summed E-state index contributed by atoms with van der Waals surface area (Å²) < 4.78 is 5.04. The highest BCUT2D eigenvalue weighted by Gasteiger charge is 2.21. The predicted molar refractivity (Wildman–Crippen MR) is 65.8 cm³/mol. The van der Waals surface area contributed by atoms with Gasteiger partial charge in [0.05, 0.1) is 19.0 Å². The van der Waals surface area contributed by atoms with Gasteiger partial charge in [-0.3, -0.25) is 0 Å². The Hall–Kier alpha value is -1.25. The van der Waals surface area contributed by atoms with Crippen LogP contribution in [0, 0.1) is 5.92 Å². The first kappa shape index (κ1) is 11.2. The van der Waals surface area contributed by atoms with Gasteiger partial charge in [-0.25, -0.2) is 4.98 Å². The zero-order chi connectivity index (χ0) is 11.4. The van der Waals surface area contributed by atoms with Gasteiger partial charge in [-0.2, -0.15) is 0 Å². The van der Waals surface area contributed by atoms with Crippen molar-refractivity contribution in [1.29, 1.82) is 0 Å². The molecule has 0 bridgehead atoms. The van der Waals surface area contributed by atoms with Crippen molar-refractivity contribution in [3.05, 3.63) is 18.3 Å². The molecule has 0 saturated heterocycles. The predicted octanol–water partition coefficient (Wildman–Crippen LogP) is 3.08. The lowest BCUT2D eigenvalue weighted by atomic mass is 10.00. The van der Waals surface area contributed by atoms with Crippen LogP contribution >= 0.6 is 0 Å². The minimum Gasteiger partial charge on any atom is -0.481 e. The zero-order valence-corrected chi connectivity index (χ0v) is 10.1. The average molecular weight is 220 g/mol. The molecule has 1 aromatic heterocycles. The van der Waals surface area contributed by atoms with Gasteiger partial charge in [0.25, 0.3) is 0 Å². The molecule has 1 aromatic rings. The highest BCUT2D eigenvalue weighted by molar-refractivity contribution is 5.42. The summed E-state index contributed by atoms with van der Waals surface area (Å²) in [5.74, 6) is 1.49. The third-order valence-electron chi connectivity index (χ3n) is 3.45. The van der Waals surface area contributed by atoms with E-state index in [1.54, 1.807) is 7.11 Å². The Balaban J connectivity index is 1.92. The summed E-state index contributed by atoms with van der Waals surface area (Å²) in [5.41, 5.74) is 1.08. The minimum absolute atomic E-state index is 0.540. The van der Waals surface area contributed by atoms with Crippen LogP contribution in [0.1, 0.15) is 32.6 Å². The van der Waals surface area contributed by atoms with Gasteiger partial charge in [0.15, 0.2) is 0 Å². The van der Waals surface area contributed by atoms with Gasteiger partial charge in [-0.05, 0) is 31.7 Å². The Kier molecular flexibility index (Phi) is 3.65. The Labute approximate surface area is 97.2 Å². The molecular weight excluding hydrogens is 200 g/mol. The molecule has 0 aromatic carbocycles. The molecule has 1 atom stereocenters. The van der Waals surface area contributed by atoms with Crippen LogP contribution in [0.2, 0.25) is 0 Å². The molecule has 0 spiro atoms. The number of hydrogen-bond donors (Lipinski definition) is 1. The van der Waals surface area contributed by atoms with E-state index < -0.39 is 0 Å². The second-order valence-corrected chi connectivity index (χ2v) is 4.57. The summed E-state index contributed by atoms with van der Waals surface area (Å²) in [5, 5.41) is 3.52. The minimum atomic E-state index is 0.540. The van der Waals surface area contributed by atoms with E-state index >= 15 is 0 Å². The highest BCUT2D eigenvalue weighted by atomic mass is 16.5. The van der Waals surface area contributed by atoms with Gasteiger partial charge in [-0.15, -0.1) is 0 Å². The molecular formula is C13H20N2O. The van der Waals surface area contributed by atoms with Crippen molar-refractivity contribution in [1.82, 2.24) is 4.98 Å². The van der Waals surface area contributed by atoms with Crippen molar-refractivity contribution in [2.24, 2.45) is 5.92 Å². The molecule has 1 aliphatic carbocycles. The summed E-state index contributed by atoms with van der Waals surface area (Å²) >= 11 is 0. The SMILES string of the molecule is COc1ccc(NC(C)C2CCCC2)cn1. The molecule has 1 heterocycles. The van der Waals surface area contributed by atoms with E-state index in [1.165, 1.54) is 25.7 Å². The van der Waals surface area contributed by atoms with E-state index in [1.807, 2.05) is 18.3 Å². The van der Waals surface area contributed by atoms with Crippen LogP contribution in [0.3, 0.4) is 0 Å². The standard InChI is InChI=1S/C13H20N2O/c1-10(11-5-3-4-6-11)15-12-7-8-13(16-2)14-9-12/h7-11,15H,3-6H2,1-2H3. The van der Waals surface area contributed by atoms with Crippen molar-refractivity contribution < 1.29 is 4.74 Å². The second-order valence-electron chi connectivity index (χ2n) is 4.57. The maximum atomic E-state index is 5.04. The van der Waals surface area contributed by atoms with Crippen LogP contribution in [-0.2, 0) is 0 Å². The molecule has 1 aliphatic rings. The van der Waals surface area contributed by atoms with Gasteiger partial charge in [0.2, 0.25) is 5.88 Å². The van der Waals surface area contributed by atoms with E-state index in [0.717, 1.165) is 11.6 Å². The molecule has 0 aliphatic heterocycles. The third-order valence-corrected chi connectivity index (χ3v) is 3.45. The number of nitrogens with one attached hydrogen (secondary N) is 1. The molecule has 2 rings (SSSR count). The van der Waals surface area contributed by atoms with Crippen LogP contribution in [-0.4, -0.2) is 18.1 Å². The maximum absolute atomic E-state index is 5.04. The fourth-order valence-corrected chi connectivity index (χ4v) is 2.42. The topological polar surface area (TPSA) is 34.1 Å². The number of hydrogen-bond acceptors (Lipinski definition) is 3. The molecule has 0 radical (unpaired) electrons. The summed E-state index contributed by atoms with van der Waals surface area (Å²) in [4.78, 5) is 4.19. The summed E-state index contributed by atoms with van der Waals surface area (Å²) in [6.45, 7) is 2.26. The number of pyridine rings is 1. The fourth-order valence-electron chi connectivity index (χ4n) is 2.42. The van der Waals surface area contributed by atoms with Gasteiger partial charge < -0.3 is 10.1 Å². The maximum Gasteiger partial charge on any atom is 0.213 e. The number of nitrogens with zero attached hydrogens (tertiary/aromatic N) is 1. The van der Waals surface area contributed by atoms with Gasteiger partial charge in [-0.1, -0.05) is 12.8 Å². The Morgan fingerprint density at radius 3 is 2.69 bits per heavy atom.